The predicted molar refractivity (Wildman–Crippen MR) is 93.2 cm³/mol. The number of hydrogen-bond donors (Lipinski definition) is 1. The molecule has 1 aliphatic heterocycles. The van der Waals surface area contributed by atoms with Gasteiger partial charge in [0, 0.05) is 12.1 Å². The zero-order chi connectivity index (χ0) is 18.0. The third kappa shape index (κ3) is 4.07. The monoisotopic (exact) mass is 346 g/mol. The number of hydrogen-bond acceptors (Lipinski definition) is 6. The fraction of sp³-hybridized carbons (Fsp3) is 0.647. The van der Waals surface area contributed by atoms with E-state index in [1.807, 2.05) is 32.4 Å². The van der Waals surface area contributed by atoms with Gasteiger partial charge in [-0.3, -0.25) is 15.0 Å². The molecule has 1 saturated heterocycles. The van der Waals surface area contributed by atoms with Crippen molar-refractivity contribution in [3.63, 3.8) is 0 Å². The van der Waals surface area contributed by atoms with Crippen molar-refractivity contribution in [3.05, 3.63) is 23.4 Å². The molecule has 0 aromatic carbocycles. The second-order valence-electron chi connectivity index (χ2n) is 6.77. The SMILES string of the molecule is Cc1cc(NC(=O)C(C)N2CCCCC2Cn2nc(C)nc2C)on1. The van der Waals surface area contributed by atoms with Gasteiger partial charge in [0.25, 0.3) is 0 Å². The van der Waals surface area contributed by atoms with Crippen molar-refractivity contribution < 1.29 is 9.32 Å². The van der Waals surface area contributed by atoms with Gasteiger partial charge in [-0.1, -0.05) is 11.6 Å². The number of anilines is 1. The lowest BCUT2D eigenvalue weighted by atomic mass is 9.99. The largest absolute Gasteiger partial charge is 0.338 e. The molecule has 8 nitrogen and oxygen atoms in total. The molecule has 25 heavy (non-hydrogen) atoms. The van der Waals surface area contributed by atoms with E-state index in [2.05, 4.69) is 25.5 Å². The molecule has 136 valence electrons. The number of nitrogens with one attached hydrogen (secondary N) is 1. The minimum atomic E-state index is -0.249. The summed E-state index contributed by atoms with van der Waals surface area (Å²) in [5.74, 6) is 2.02. The van der Waals surface area contributed by atoms with Crippen LogP contribution in [0.5, 0.6) is 0 Å². The van der Waals surface area contributed by atoms with E-state index in [0.29, 0.717) is 5.88 Å². The number of amides is 1. The van der Waals surface area contributed by atoms with E-state index in [0.717, 1.165) is 43.3 Å². The highest BCUT2D eigenvalue weighted by atomic mass is 16.5. The third-order valence-corrected chi connectivity index (χ3v) is 4.77. The number of likely N-dealkylation sites (tertiary alicyclic amines) is 1. The van der Waals surface area contributed by atoms with Gasteiger partial charge in [0.15, 0.2) is 0 Å². The second-order valence-corrected chi connectivity index (χ2v) is 6.77. The van der Waals surface area contributed by atoms with Gasteiger partial charge in [-0.15, -0.1) is 0 Å². The van der Waals surface area contributed by atoms with Crippen LogP contribution in [-0.2, 0) is 11.3 Å². The maximum absolute atomic E-state index is 12.6. The van der Waals surface area contributed by atoms with Crippen LogP contribution < -0.4 is 5.32 Å². The molecule has 0 bridgehead atoms. The van der Waals surface area contributed by atoms with Gasteiger partial charge in [-0.05, 0) is 47.1 Å². The van der Waals surface area contributed by atoms with Gasteiger partial charge in [0.1, 0.15) is 11.6 Å². The van der Waals surface area contributed by atoms with Crippen molar-refractivity contribution in [3.8, 4) is 0 Å². The number of carbonyl (C=O) groups excluding carboxylic acids is 1. The Morgan fingerprint density at radius 1 is 1.40 bits per heavy atom. The molecule has 2 unspecified atom stereocenters. The Labute approximate surface area is 147 Å². The van der Waals surface area contributed by atoms with Crippen LogP contribution in [0.4, 0.5) is 5.88 Å². The fourth-order valence-corrected chi connectivity index (χ4v) is 3.46. The molecular weight excluding hydrogens is 320 g/mol. The maximum atomic E-state index is 12.6. The molecule has 0 aliphatic carbocycles. The molecule has 3 heterocycles. The maximum Gasteiger partial charge on any atom is 0.243 e. The van der Waals surface area contributed by atoms with Crippen LogP contribution >= 0.6 is 0 Å². The van der Waals surface area contributed by atoms with Crippen LogP contribution in [0.1, 0.15) is 43.5 Å². The number of carbonyl (C=O) groups is 1. The van der Waals surface area contributed by atoms with Gasteiger partial charge in [0.2, 0.25) is 11.8 Å². The third-order valence-electron chi connectivity index (χ3n) is 4.77. The quantitative estimate of drug-likeness (QED) is 0.891. The van der Waals surface area contributed by atoms with E-state index < -0.39 is 0 Å². The zero-order valence-corrected chi connectivity index (χ0v) is 15.3. The predicted octanol–water partition coefficient (Wildman–Crippen LogP) is 2.07. The first-order chi connectivity index (χ1) is 11.9. The molecule has 1 fully saturated rings. The average Bonchev–Trinajstić information content (AvgIpc) is 3.12. The normalized spacial score (nSPS) is 19.8. The summed E-state index contributed by atoms with van der Waals surface area (Å²) >= 11 is 0. The Balaban J connectivity index is 1.68. The highest BCUT2D eigenvalue weighted by Gasteiger charge is 2.31. The lowest BCUT2D eigenvalue weighted by Crippen LogP contribution is -2.51. The summed E-state index contributed by atoms with van der Waals surface area (Å²) in [6.45, 7) is 9.29. The zero-order valence-electron chi connectivity index (χ0n) is 15.3. The molecule has 2 atom stereocenters. The Kier molecular flexibility index (Phi) is 5.17. The van der Waals surface area contributed by atoms with Crippen LogP contribution in [0.15, 0.2) is 10.6 Å². The fourth-order valence-electron chi connectivity index (χ4n) is 3.46. The first-order valence-corrected chi connectivity index (χ1v) is 8.82. The first kappa shape index (κ1) is 17.6. The molecule has 1 amide bonds. The molecule has 8 heteroatoms. The van der Waals surface area contributed by atoms with Crippen LogP contribution in [0.25, 0.3) is 0 Å². The summed E-state index contributed by atoms with van der Waals surface area (Å²) in [7, 11) is 0. The molecule has 1 aliphatic rings. The summed E-state index contributed by atoms with van der Waals surface area (Å²) in [6.07, 6.45) is 3.33. The average molecular weight is 346 g/mol. The minimum Gasteiger partial charge on any atom is -0.338 e. The van der Waals surface area contributed by atoms with E-state index in [4.69, 9.17) is 4.52 Å². The van der Waals surface area contributed by atoms with Crippen LogP contribution in [0.3, 0.4) is 0 Å². The number of nitrogens with zero attached hydrogens (tertiary/aromatic N) is 5. The van der Waals surface area contributed by atoms with Crippen LogP contribution in [0, 0.1) is 20.8 Å². The lowest BCUT2D eigenvalue weighted by molar-refractivity contribution is -0.122. The van der Waals surface area contributed by atoms with Crippen molar-refractivity contribution in [2.45, 2.75) is 65.6 Å². The van der Waals surface area contributed by atoms with E-state index in [9.17, 15) is 4.79 Å². The molecule has 0 spiro atoms. The number of piperidine rings is 1. The van der Waals surface area contributed by atoms with Crippen molar-refractivity contribution >= 4 is 11.8 Å². The summed E-state index contributed by atoms with van der Waals surface area (Å²) in [6, 6.07) is 1.74. The molecule has 3 rings (SSSR count). The van der Waals surface area contributed by atoms with Gasteiger partial charge < -0.3 is 4.52 Å². The molecule has 2 aromatic rings. The van der Waals surface area contributed by atoms with Gasteiger partial charge in [-0.25, -0.2) is 9.67 Å². The Morgan fingerprint density at radius 3 is 2.84 bits per heavy atom. The standard InChI is InChI=1S/C17H26N6O2/c1-11-9-16(25-21-11)19-17(24)12(2)22-8-6-5-7-15(22)10-23-14(4)18-13(3)20-23/h9,12,15H,5-8,10H2,1-4H3,(H,19,24). The van der Waals surface area contributed by atoms with Gasteiger partial charge >= 0.3 is 0 Å². The molecule has 0 saturated carbocycles. The van der Waals surface area contributed by atoms with Crippen LogP contribution in [-0.4, -0.2) is 49.4 Å². The van der Waals surface area contributed by atoms with Gasteiger partial charge in [0.05, 0.1) is 18.3 Å². The minimum absolute atomic E-state index is 0.0745. The van der Waals surface area contributed by atoms with E-state index in [1.54, 1.807) is 6.07 Å². The van der Waals surface area contributed by atoms with Crippen molar-refractivity contribution in [1.82, 2.24) is 24.8 Å². The summed E-state index contributed by atoms with van der Waals surface area (Å²) in [4.78, 5) is 19.3. The lowest BCUT2D eigenvalue weighted by Gasteiger charge is -2.39. The molecule has 0 radical (unpaired) electrons. The highest BCUT2D eigenvalue weighted by Crippen LogP contribution is 2.22. The Hall–Kier alpha value is -2.22. The second kappa shape index (κ2) is 7.35. The number of aromatic nitrogens is 4. The van der Waals surface area contributed by atoms with Crippen molar-refractivity contribution in [2.75, 3.05) is 11.9 Å². The summed E-state index contributed by atoms with van der Waals surface area (Å²) < 4.78 is 7.04. The Bertz CT molecular complexity index is 737. The van der Waals surface area contributed by atoms with Crippen LogP contribution in [0.2, 0.25) is 0 Å². The molecule has 2 aromatic heterocycles. The summed E-state index contributed by atoms with van der Waals surface area (Å²) in [5, 5.41) is 11.1. The molecule has 1 N–H and O–H groups in total. The smallest absolute Gasteiger partial charge is 0.243 e. The van der Waals surface area contributed by atoms with Crippen molar-refractivity contribution in [1.29, 1.82) is 0 Å². The topological polar surface area (TPSA) is 89.1 Å². The van der Waals surface area contributed by atoms with Crippen molar-refractivity contribution in [2.24, 2.45) is 0 Å². The highest BCUT2D eigenvalue weighted by molar-refractivity contribution is 5.93. The van der Waals surface area contributed by atoms with E-state index >= 15 is 0 Å². The van der Waals surface area contributed by atoms with Gasteiger partial charge in [-0.2, -0.15) is 5.10 Å². The summed E-state index contributed by atoms with van der Waals surface area (Å²) in [5.41, 5.74) is 0.746. The van der Waals surface area contributed by atoms with E-state index in [1.165, 1.54) is 6.42 Å². The first-order valence-electron chi connectivity index (χ1n) is 8.82. The molecular formula is C17H26N6O2. The number of rotatable bonds is 5. The Morgan fingerprint density at radius 2 is 2.20 bits per heavy atom. The number of aryl methyl sites for hydroxylation is 3. The van der Waals surface area contributed by atoms with E-state index in [-0.39, 0.29) is 18.0 Å².